The molecule has 0 radical (unpaired) electrons. The lowest BCUT2D eigenvalue weighted by Crippen LogP contribution is -2.37. The number of phosphoric ester groups is 1. The zero-order chi connectivity index (χ0) is 37.4. The second-order valence-corrected chi connectivity index (χ2v) is 16.3. The summed E-state index contributed by atoms with van der Waals surface area (Å²) in [5.74, 6) is -0.929. The first-order valence-corrected chi connectivity index (χ1v) is 21.2. The average molecular weight is 771 g/mol. The molecular weight excluding hydrogens is 711 g/mol. The number of ether oxygens (including phenoxy) is 4. The van der Waals surface area contributed by atoms with E-state index in [-0.39, 0.29) is 23.8 Å². The summed E-state index contributed by atoms with van der Waals surface area (Å²) in [5.41, 5.74) is -1.16. The minimum atomic E-state index is -4.57. The van der Waals surface area contributed by atoms with E-state index in [1.165, 1.54) is 106 Å². The van der Waals surface area contributed by atoms with E-state index in [9.17, 15) is 19.0 Å². The molecule has 0 spiro atoms. The summed E-state index contributed by atoms with van der Waals surface area (Å²) in [4.78, 5) is 37.2. The molecule has 52 heavy (non-hydrogen) atoms. The van der Waals surface area contributed by atoms with Crippen molar-refractivity contribution < 1.29 is 37.5 Å². The highest BCUT2D eigenvalue weighted by atomic mass is 35.5. The van der Waals surface area contributed by atoms with Crippen LogP contribution in [-0.4, -0.2) is 57.9 Å². The number of phosphoric acid groups is 1. The van der Waals surface area contributed by atoms with Gasteiger partial charge in [-0.1, -0.05) is 127 Å². The summed E-state index contributed by atoms with van der Waals surface area (Å²) in [6.07, 6.45) is 18.4. The van der Waals surface area contributed by atoms with E-state index < -0.39 is 55.5 Å². The fraction of sp³-hybridized carbons (Fsp3) is 0.737. The molecule has 6 atom stereocenters. The number of unbranched alkanes of at least 4 members (excludes halogenated alkanes) is 15. The van der Waals surface area contributed by atoms with Gasteiger partial charge in [-0.25, -0.2) is 9.36 Å². The molecule has 2 aliphatic rings. The second kappa shape index (κ2) is 21.8. The number of hydrogen-bond donors (Lipinski definition) is 2. The van der Waals surface area contributed by atoms with Crippen LogP contribution in [-0.2, 0) is 28.0 Å². The van der Waals surface area contributed by atoms with Crippen LogP contribution >= 0.6 is 19.4 Å². The fourth-order valence-electron chi connectivity index (χ4n) is 6.89. The first-order chi connectivity index (χ1) is 25.0. The van der Waals surface area contributed by atoms with Gasteiger partial charge in [0.2, 0.25) is 0 Å². The Kier molecular flexibility index (Phi) is 17.9. The van der Waals surface area contributed by atoms with E-state index in [1.54, 1.807) is 32.0 Å². The Labute approximate surface area is 313 Å². The van der Waals surface area contributed by atoms with Crippen molar-refractivity contribution in [2.45, 2.75) is 166 Å². The van der Waals surface area contributed by atoms with Gasteiger partial charge in [0.15, 0.2) is 12.0 Å². The molecule has 294 valence electrons. The minimum absolute atomic E-state index is 0.0236. The molecule has 2 N–H and O–H groups in total. The molecule has 4 rings (SSSR count). The summed E-state index contributed by atoms with van der Waals surface area (Å²) in [5, 5.41) is 0.173. The van der Waals surface area contributed by atoms with E-state index in [0.717, 1.165) is 19.3 Å². The molecular formula is C38H60ClN2O10P. The van der Waals surface area contributed by atoms with Crippen molar-refractivity contribution in [1.82, 2.24) is 9.55 Å². The van der Waals surface area contributed by atoms with Crippen molar-refractivity contribution in [3.05, 3.63) is 62.4 Å². The second-order valence-electron chi connectivity index (χ2n) is 14.5. The number of rotatable bonds is 26. The minimum Gasteiger partial charge on any atom is -0.403 e. The first kappa shape index (κ1) is 42.7. The zero-order valence-corrected chi connectivity index (χ0v) is 32.8. The van der Waals surface area contributed by atoms with Gasteiger partial charge in [0.25, 0.3) is 5.56 Å². The molecule has 2 fully saturated rings. The number of H-pyrrole nitrogens is 1. The lowest BCUT2D eigenvalue weighted by Gasteiger charge is -2.27. The molecule has 2 aliphatic heterocycles. The maximum atomic E-state index is 12.9. The third kappa shape index (κ3) is 14.3. The maximum absolute atomic E-state index is 12.9. The van der Waals surface area contributed by atoms with E-state index in [2.05, 4.69) is 11.9 Å². The van der Waals surface area contributed by atoms with Crippen LogP contribution in [0, 0.1) is 0 Å². The van der Waals surface area contributed by atoms with Crippen LogP contribution in [0.15, 0.2) is 46.1 Å². The smallest absolute Gasteiger partial charge is 0.403 e. The van der Waals surface area contributed by atoms with Crippen LogP contribution in [0.5, 0.6) is 5.75 Å². The van der Waals surface area contributed by atoms with E-state index in [0.29, 0.717) is 6.61 Å². The standard InChI is InChI=1S/C38H60ClN2O10P/c1-4-5-6-7-8-9-10-11-12-13-14-15-16-17-18-21-26-46-29(28-47-52(44,45)51-31-23-20-19-22-30(31)39)27-32-34-35(50-38(2,3)49-34)36(48-32)41-25-24-33(42)40-37(41)43/h19-20,22-25,29,32,34-36H,4-18,21,26-28H2,1-3H3,(H,44,45)(H,40,42,43)/t29?,32?,34-,35-,36?/m1/s1. The Morgan fingerprint density at radius 1 is 0.885 bits per heavy atom. The number of benzene rings is 1. The van der Waals surface area contributed by atoms with Gasteiger partial charge in [-0.3, -0.25) is 23.8 Å². The average Bonchev–Trinajstić information content (AvgIpc) is 3.58. The van der Waals surface area contributed by atoms with E-state index in [1.807, 2.05) is 0 Å². The Balaban J connectivity index is 1.25. The number of nitrogens with zero attached hydrogens (tertiary/aromatic N) is 1. The number of halogens is 1. The quantitative estimate of drug-likeness (QED) is 0.0702. The Hall–Kier alpha value is -2.02. The van der Waals surface area contributed by atoms with Gasteiger partial charge in [0, 0.05) is 25.3 Å². The SMILES string of the molecule is CCCCCCCCCCCCCCCCCCOC(COP(=O)(O)Oc1ccccc1Cl)CC1OC(n2ccc(=O)[nH]c2=O)[C@@H]2OC(C)(C)O[C@H]12. The maximum Gasteiger partial charge on any atom is 0.527 e. The van der Waals surface area contributed by atoms with Gasteiger partial charge in [-0.15, -0.1) is 0 Å². The molecule has 12 nitrogen and oxygen atoms in total. The highest BCUT2D eigenvalue weighted by Crippen LogP contribution is 2.47. The molecule has 2 aromatic rings. The molecule has 0 aliphatic carbocycles. The Morgan fingerprint density at radius 3 is 2.06 bits per heavy atom. The summed E-state index contributed by atoms with van der Waals surface area (Å²) in [7, 11) is -4.57. The number of para-hydroxylation sites is 1. The molecule has 2 saturated heterocycles. The molecule has 4 unspecified atom stereocenters. The van der Waals surface area contributed by atoms with Crippen molar-refractivity contribution >= 4 is 19.4 Å². The summed E-state index contributed by atoms with van der Waals surface area (Å²) < 4.78 is 49.8. The zero-order valence-electron chi connectivity index (χ0n) is 31.2. The van der Waals surface area contributed by atoms with E-state index >= 15 is 0 Å². The molecule has 14 heteroatoms. The van der Waals surface area contributed by atoms with Crippen molar-refractivity contribution in [3.8, 4) is 5.75 Å². The van der Waals surface area contributed by atoms with Crippen molar-refractivity contribution in [2.24, 2.45) is 0 Å². The van der Waals surface area contributed by atoms with Gasteiger partial charge in [0.1, 0.15) is 18.0 Å². The van der Waals surface area contributed by atoms with Gasteiger partial charge < -0.3 is 23.5 Å². The van der Waals surface area contributed by atoms with Crippen molar-refractivity contribution in [2.75, 3.05) is 13.2 Å². The summed E-state index contributed by atoms with van der Waals surface area (Å²) >= 11 is 6.13. The predicted molar refractivity (Wildman–Crippen MR) is 201 cm³/mol. The third-order valence-corrected chi connectivity index (χ3v) is 10.8. The number of hydrogen-bond acceptors (Lipinski definition) is 9. The number of fused-ring (bicyclic) bond motifs is 1. The van der Waals surface area contributed by atoms with Gasteiger partial charge in [-0.2, -0.15) is 0 Å². The Morgan fingerprint density at radius 2 is 1.46 bits per heavy atom. The number of nitrogens with one attached hydrogen (secondary N) is 1. The fourth-order valence-corrected chi connectivity index (χ4v) is 7.93. The Bertz CT molecular complexity index is 1500. The summed E-state index contributed by atoms with van der Waals surface area (Å²) in [6.45, 7) is 5.95. The van der Waals surface area contributed by atoms with Crippen LogP contribution in [0.1, 0.15) is 136 Å². The van der Waals surface area contributed by atoms with Crippen molar-refractivity contribution in [1.29, 1.82) is 0 Å². The molecule has 0 amide bonds. The first-order valence-electron chi connectivity index (χ1n) is 19.3. The van der Waals surface area contributed by atoms with Gasteiger partial charge in [0.05, 0.1) is 23.8 Å². The van der Waals surface area contributed by atoms with Gasteiger partial charge in [-0.05, 0) is 32.4 Å². The van der Waals surface area contributed by atoms with Crippen LogP contribution < -0.4 is 15.8 Å². The normalized spacial score (nSPS) is 22.6. The van der Waals surface area contributed by atoms with E-state index in [4.69, 9.17) is 39.6 Å². The number of aromatic amines is 1. The highest BCUT2D eigenvalue weighted by molar-refractivity contribution is 7.47. The third-order valence-electron chi connectivity index (χ3n) is 9.57. The summed E-state index contributed by atoms with van der Waals surface area (Å²) in [6, 6.07) is 7.58. The lowest BCUT2D eigenvalue weighted by atomic mass is 10.0. The molecule has 0 saturated carbocycles. The van der Waals surface area contributed by atoms with Gasteiger partial charge >= 0.3 is 13.5 Å². The molecule has 0 bridgehead atoms. The van der Waals surface area contributed by atoms with Crippen LogP contribution in [0.2, 0.25) is 5.02 Å². The topological polar surface area (TPSA) is 148 Å². The molecule has 1 aromatic carbocycles. The van der Waals surface area contributed by atoms with Crippen LogP contribution in [0.4, 0.5) is 0 Å². The highest BCUT2D eigenvalue weighted by Gasteiger charge is 2.56. The van der Waals surface area contributed by atoms with Crippen molar-refractivity contribution in [3.63, 3.8) is 0 Å². The monoisotopic (exact) mass is 770 g/mol. The molecule has 3 heterocycles. The lowest BCUT2D eigenvalue weighted by molar-refractivity contribution is -0.201. The predicted octanol–water partition coefficient (Wildman–Crippen LogP) is 8.84. The van der Waals surface area contributed by atoms with Crippen LogP contribution in [0.3, 0.4) is 0 Å². The molecule has 1 aromatic heterocycles. The number of aromatic nitrogens is 2. The largest absolute Gasteiger partial charge is 0.527 e. The van der Waals surface area contributed by atoms with Crippen LogP contribution in [0.25, 0.3) is 0 Å².